The molecule has 0 atom stereocenters. The molecule has 7 heteroatoms. The van der Waals surface area contributed by atoms with Crippen LogP contribution < -0.4 is 15.6 Å². The SMILES string of the molecule is Cc1c(Cl)cccc1OCC(=O)Nc1c(C)n(C)n(-c2ccccc2)c1=O. The lowest BCUT2D eigenvalue weighted by Gasteiger charge is -2.10. The number of aromatic nitrogens is 2. The normalized spacial score (nSPS) is 10.7. The molecule has 0 spiro atoms. The first-order valence-electron chi connectivity index (χ1n) is 8.42. The predicted octanol–water partition coefficient (Wildman–Crippen LogP) is 3.46. The molecule has 0 unspecified atom stereocenters. The van der Waals surface area contributed by atoms with Crippen molar-refractivity contribution < 1.29 is 9.53 Å². The molecule has 3 aromatic rings. The third kappa shape index (κ3) is 3.75. The second-order valence-electron chi connectivity index (χ2n) is 6.14. The Bertz CT molecular complexity index is 1040. The van der Waals surface area contributed by atoms with Crippen molar-refractivity contribution in [2.24, 2.45) is 7.05 Å². The summed E-state index contributed by atoms with van der Waals surface area (Å²) in [6.07, 6.45) is 0. The van der Waals surface area contributed by atoms with Crippen molar-refractivity contribution in [3.05, 3.63) is 75.2 Å². The van der Waals surface area contributed by atoms with Gasteiger partial charge in [0.2, 0.25) is 0 Å². The number of ether oxygens (including phenoxy) is 1. The van der Waals surface area contributed by atoms with Crippen LogP contribution in [0.2, 0.25) is 5.02 Å². The molecule has 3 rings (SSSR count). The Labute approximate surface area is 161 Å². The highest BCUT2D eigenvalue weighted by atomic mass is 35.5. The van der Waals surface area contributed by atoms with Crippen molar-refractivity contribution in [3.63, 3.8) is 0 Å². The molecular formula is C20H20ClN3O3. The van der Waals surface area contributed by atoms with Gasteiger partial charge in [-0.05, 0) is 38.1 Å². The summed E-state index contributed by atoms with van der Waals surface area (Å²) in [5.74, 6) is 0.115. The number of carbonyl (C=O) groups excluding carboxylic acids is 1. The Morgan fingerprint density at radius 2 is 1.81 bits per heavy atom. The van der Waals surface area contributed by atoms with E-state index in [1.807, 2.05) is 37.3 Å². The lowest BCUT2D eigenvalue weighted by atomic mass is 10.2. The van der Waals surface area contributed by atoms with Gasteiger partial charge in [-0.3, -0.25) is 14.3 Å². The second-order valence-corrected chi connectivity index (χ2v) is 6.54. The van der Waals surface area contributed by atoms with E-state index in [0.717, 1.165) is 11.3 Å². The summed E-state index contributed by atoms with van der Waals surface area (Å²) in [6, 6.07) is 14.5. The fraction of sp³-hybridized carbons (Fsp3) is 0.200. The molecule has 1 N–H and O–H groups in total. The first-order chi connectivity index (χ1) is 12.9. The summed E-state index contributed by atoms with van der Waals surface area (Å²) >= 11 is 6.05. The lowest BCUT2D eigenvalue weighted by Crippen LogP contribution is -2.25. The third-order valence-corrected chi connectivity index (χ3v) is 4.80. The summed E-state index contributed by atoms with van der Waals surface area (Å²) in [5, 5.41) is 3.23. The Morgan fingerprint density at radius 1 is 1.11 bits per heavy atom. The number of amides is 1. The minimum Gasteiger partial charge on any atom is -0.483 e. The number of carbonyl (C=O) groups is 1. The van der Waals surface area contributed by atoms with E-state index in [1.165, 1.54) is 4.68 Å². The molecule has 0 saturated carbocycles. The standard InChI is InChI=1S/C20H20ClN3O3/c1-13-16(21)10-7-11-17(13)27-12-18(25)22-19-14(2)23(3)24(20(19)26)15-8-5-4-6-9-15/h4-11H,12H2,1-3H3,(H,22,25). The van der Waals surface area contributed by atoms with E-state index in [4.69, 9.17) is 16.3 Å². The van der Waals surface area contributed by atoms with Gasteiger partial charge >= 0.3 is 0 Å². The van der Waals surface area contributed by atoms with Gasteiger partial charge in [0.15, 0.2) is 6.61 Å². The van der Waals surface area contributed by atoms with Gasteiger partial charge in [0.1, 0.15) is 11.4 Å². The molecule has 0 aliphatic heterocycles. The molecule has 0 aliphatic rings. The first-order valence-corrected chi connectivity index (χ1v) is 8.79. The van der Waals surface area contributed by atoms with Crippen molar-refractivity contribution in [1.82, 2.24) is 9.36 Å². The highest BCUT2D eigenvalue weighted by Gasteiger charge is 2.18. The number of hydrogen-bond donors (Lipinski definition) is 1. The van der Waals surface area contributed by atoms with Crippen LogP contribution in [-0.2, 0) is 11.8 Å². The minimum absolute atomic E-state index is 0.222. The van der Waals surface area contributed by atoms with Gasteiger partial charge in [-0.2, -0.15) is 0 Å². The van der Waals surface area contributed by atoms with Crippen LogP contribution in [0.5, 0.6) is 5.75 Å². The molecule has 6 nitrogen and oxygen atoms in total. The Kier molecular flexibility index (Phi) is 5.37. The molecule has 0 fully saturated rings. The van der Waals surface area contributed by atoms with Crippen molar-refractivity contribution in [3.8, 4) is 11.4 Å². The average Bonchev–Trinajstić information content (AvgIpc) is 2.87. The van der Waals surface area contributed by atoms with Gasteiger partial charge in [0, 0.05) is 17.6 Å². The number of hydrogen-bond acceptors (Lipinski definition) is 3. The quantitative estimate of drug-likeness (QED) is 0.731. The maximum Gasteiger partial charge on any atom is 0.295 e. The van der Waals surface area contributed by atoms with Gasteiger partial charge in [0.05, 0.1) is 11.4 Å². The molecule has 140 valence electrons. The number of para-hydroxylation sites is 1. The summed E-state index contributed by atoms with van der Waals surface area (Å²) in [7, 11) is 1.77. The van der Waals surface area contributed by atoms with Gasteiger partial charge in [0.25, 0.3) is 11.5 Å². The average molecular weight is 386 g/mol. The van der Waals surface area contributed by atoms with E-state index in [1.54, 1.807) is 36.9 Å². The highest BCUT2D eigenvalue weighted by molar-refractivity contribution is 6.31. The largest absolute Gasteiger partial charge is 0.483 e. The van der Waals surface area contributed by atoms with E-state index in [0.29, 0.717) is 16.5 Å². The van der Waals surface area contributed by atoms with Gasteiger partial charge in [-0.15, -0.1) is 0 Å². The number of anilines is 1. The van der Waals surface area contributed by atoms with Crippen LogP contribution in [0, 0.1) is 13.8 Å². The molecule has 0 radical (unpaired) electrons. The zero-order valence-corrected chi connectivity index (χ0v) is 16.1. The molecule has 1 amide bonds. The van der Waals surface area contributed by atoms with E-state index in [9.17, 15) is 9.59 Å². The second kappa shape index (κ2) is 7.72. The molecule has 0 saturated heterocycles. The van der Waals surface area contributed by atoms with Crippen LogP contribution in [0.1, 0.15) is 11.3 Å². The summed E-state index contributed by atoms with van der Waals surface area (Å²) in [6.45, 7) is 3.37. The van der Waals surface area contributed by atoms with Gasteiger partial charge in [-0.25, -0.2) is 4.68 Å². The van der Waals surface area contributed by atoms with Crippen molar-refractivity contribution in [2.75, 3.05) is 11.9 Å². The zero-order chi connectivity index (χ0) is 19.6. The number of nitrogens with one attached hydrogen (secondary N) is 1. The number of rotatable bonds is 5. The minimum atomic E-state index is -0.416. The van der Waals surface area contributed by atoms with E-state index < -0.39 is 5.91 Å². The predicted molar refractivity (Wildman–Crippen MR) is 106 cm³/mol. The maximum atomic E-state index is 12.8. The van der Waals surface area contributed by atoms with Gasteiger partial charge < -0.3 is 10.1 Å². The number of halogens is 1. The fourth-order valence-corrected chi connectivity index (χ4v) is 2.94. The van der Waals surface area contributed by atoms with Crippen LogP contribution in [0.25, 0.3) is 5.69 Å². The smallest absolute Gasteiger partial charge is 0.295 e. The molecule has 1 aromatic heterocycles. The van der Waals surface area contributed by atoms with E-state index in [2.05, 4.69) is 5.32 Å². The van der Waals surface area contributed by atoms with Crippen molar-refractivity contribution in [1.29, 1.82) is 0 Å². The van der Waals surface area contributed by atoms with Crippen LogP contribution in [0.4, 0.5) is 5.69 Å². The molecule has 27 heavy (non-hydrogen) atoms. The maximum absolute atomic E-state index is 12.8. The van der Waals surface area contributed by atoms with E-state index >= 15 is 0 Å². The molecule has 0 bridgehead atoms. The van der Waals surface area contributed by atoms with Crippen LogP contribution in [0.3, 0.4) is 0 Å². The fourth-order valence-electron chi connectivity index (χ4n) is 2.78. The Hall–Kier alpha value is -2.99. The summed E-state index contributed by atoms with van der Waals surface area (Å²) in [5.41, 5.74) is 2.07. The lowest BCUT2D eigenvalue weighted by molar-refractivity contribution is -0.118. The summed E-state index contributed by atoms with van der Waals surface area (Å²) < 4.78 is 8.75. The molecule has 1 heterocycles. The van der Waals surface area contributed by atoms with Crippen molar-refractivity contribution in [2.45, 2.75) is 13.8 Å². The van der Waals surface area contributed by atoms with Crippen LogP contribution in [0.15, 0.2) is 53.3 Å². The summed E-state index contributed by atoms with van der Waals surface area (Å²) in [4.78, 5) is 25.1. The Balaban J connectivity index is 1.79. The van der Waals surface area contributed by atoms with Crippen molar-refractivity contribution >= 4 is 23.2 Å². The number of benzene rings is 2. The first kappa shape index (κ1) is 18.8. The zero-order valence-electron chi connectivity index (χ0n) is 15.3. The third-order valence-electron chi connectivity index (χ3n) is 4.40. The Morgan fingerprint density at radius 3 is 2.52 bits per heavy atom. The number of nitrogens with zero attached hydrogens (tertiary/aromatic N) is 2. The van der Waals surface area contributed by atoms with Gasteiger partial charge in [-0.1, -0.05) is 35.9 Å². The van der Waals surface area contributed by atoms with E-state index in [-0.39, 0.29) is 17.9 Å². The van der Waals surface area contributed by atoms with Crippen LogP contribution >= 0.6 is 11.6 Å². The highest BCUT2D eigenvalue weighted by Crippen LogP contribution is 2.25. The molecule has 0 aliphatic carbocycles. The molecule has 2 aromatic carbocycles. The monoisotopic (exact) mass is 385 g/mol. The molecular weight excluding hydrogens is 366 g/mol. The topological polar surface area (TPSA) is 65.3 Å². The van der Waals surface area contributed by atoms with Crippen LogP contribution in [-0.4, -0.2) is 21.9 Å².